The Bertz CT molecular complexity index is 357. The average Bonchev–Trinajstić information content (AvgIpc) is 2.55. The number of rotatable bonds is 9. The molecule has 0 rings (SSSR count). The number of nitrogens with two attached hydrogens (primary N) is 1. The van der Waals surface area contributed by atoms with Crippen molar-refractivity contribution in [3.05, 3.63) is 0 Å². The fourth-order valence-corrected chi connectivity index (χ4v) is 0.731. The third kappa shape index (κ3) is 19.6. The van der Waals surface area contributed by atoms with Crippen LogP contribution in [0.15, 0.2) is 0 Å². The fourth-order valence-electron chi connectivity index (χ4n) is 0.731. The first kappa shape index (κ1) is 29.2. The predicted octanol–water partition coefficient (Wildman–Crippen LogP) is -4.85. The molecule has 0 aromatic heterocycles. The monoisotopic (exact) mass is 438 g/mol. The Kier molecular flexibility index (Phi) is 17.1. The van der Waals surface area contributed by atoms with Crippen molar-refractivity contribution in [1.82, 2.24) is 5.32 Å². The molecule has 12 nitrogen and oxygen atoms in total. The van der Waals surface area contributed by atoms with Crippen molar-refractivity contribution in [2.75, 3.05) is 46.2 Å². The van der Waals surface area contributed by atoms with Crippen molar-refractivity contribution in [1.29, 1.82) is 0 Å². The molecule has 0 aromatic carbocycles. The third-order valence-electron chi connectivity index (χ3n) is 2.47. The van der Waals surface area contributed by atoms with Gasteiger partial charge in [0.2, 0.25) is 0 Å². The summed E-state index contributed by atoms with van der Waals surface area (Å²) in [6, 6.07) is 0. The van der Waals surface area contributed by atoms with Gasteiger partial charge in [0, 0.05) is 0 Å². The molecule has 0 aliphatic carbocycles. The molecule has 11 N–H and O–H groups in total. The third-order valence-corrected chi connectivity index (χ3v) is 2.47. The summed E-state index contributed by atoms with van der Waals surface area (Å²) in [5.41, 5.74) is 5.35. The summed E-state index contributed by atoms with van der Waals surface area (Å²) in [5.74, 6) is -1.12. The maximum absolute atomic E-state index is 10.1. The minimum absolute atomic E-state index is 0.403. The van der Waals surface area contributed by atoms with E-state index in [0.717, 1.165) is 0 Å². The van der Waals surface area contributed by atoms with Gasteiger partial charge in [0.1, 0.15) is 0 Å². The van der Waals surface area contributed by atoms with E-state index < -0.39 is 77.1 Å². The van der Waals surface area contributed by atoms with E-state index in [2.05, 4.69) is 5.32 Å². The van der Waals surface area contributed by atoms with Gasteiger partial charge in [-0.15, -0.1) is 0 Å². The number of carboxylic acids is 1. The van der Waals surface area contributed by atoms with Gasteiger partial charge >= 0.3 is 39.1 Å². The minimum atomic E-state index is -3.12. The van der Waals surface area contributed by atoms with E-state index in [1.54, 1.807) is 0 Å². The molecule has 0 heterocycles. The largest absolute Gasteiger partial charge is 0.480 e. The zero-order valence-corrected chi connectivity index (χ0v) is 16.2. The van der Waals surface area contributed by atoms with Crippen molar-refractivity contribution >= 4 is 19.8 Å². The number of hydrogen-bond acceptors (Lipinski definition) is 10. The van der Waals surface area contributed by atoms with Gasteiger partial charge in [-0.2, -0.15) is 0 Å². The summed E-state index contributed by atoms with van der Waals surface area (Å²) in [5, 5.41) is 61.8. The van der Waals surface area contributed by atoms with E-state index in [0.29, 0.717) is 0 Å². The molecule has 0 aromatic rings. The molecular weight excluding hydrogens is 407 g/mol. The summed E-state index contributed by atoms with van der Waals surface area (Å²) in [4.78, 5) is 10.1. The van der Waals surface area contributed by atoms with Crippen LogP contribution in [0.25, 0.3) is 0 Å². The van der Waals surface area contributed by atoms with Gasteiger partial charge in [-0.05, 0) is 0 Å². The first-order valence-electron chi connectivity index (χ1n) is 6.97. The summed E-state index contributed by atoms with van der Waals surface area (Å²) in [6.45, 7) is -3.18. The molecule has 0 saturated heterocycles. The summed E-state index contributed by atoms with van der Waals surface area (Å²) < 4.78 is 18.0. The Hall–Kier alpha value is -0.532. The van der Waals surface area contributed by atoms with E-state index in [-0.39, 0.29) is 0 Å². The van der Waals surface area contributed by atoms with Crippen molar-refractivity contribution in [3.8, 4) is 0 Å². The molecule has 0 saturated carbocycles. The van der Waals surface area contributed by atoms with Gasteiger partial charge in [0.05, 0.1) is 57.3 Å². The van der Waals surface area contributed by atoms with Gasteiger partial charge in [-0.3, -0.25) is 10.1 Å². The number of aliphatic hydroxyl groups excluding tert-OH is 6. The molecule has 0 atom stereocenters. The van der Waals surface area contributed by atoms with Crippen LogP contribution in [0, 0.1) is 0 Å². The van der Waals surface area contributed by atoms with E-state index >= 15 is 0 Å². The summed E-state index contributed by atoms with van der Waals surface area (Å²) in [7, 11) is 0. The van der Waals surface area contributed by atoms with Crippen molar-refractivity contribution in [2.45, 2.75) is 22.5 Å². The topological polar surface area (TPSA) is 234 Å². The number of aliphatic carboxylic acids is 1. The molecule has 0 spiro atoms. The normalized spacial score (nSPS) is 11.8. The van der Waals surface area contributed by atoms with Crippen molar-refractivity contribution in [2.24, 2.45) is 5.73 Å². The van der Waals surface area contributed by atoms with E-state index in [4.69, 9.17) is 45.6 Å². The molecule has 0 aliphatic heterocycles. The van der Waals surface area contributed by atoms with E-state index in [1.165, 1.54) is 11.4 Å². The Morgan fingerprint density at radius 1 is 0.920 bits per heavy atom. The van der Waals surface area contributed by atoms with Gasteiger partial charge in [0.25, 0.3) is 0 Å². The molecule has 154 valence electrons. The van der Waals surface area contributed by atoms with E-state index in [9.17, 15) is 8.53 Å². The van der Waals surface area contributed by atoms with Crippen LogP contribution in [-0.2, 0) is 8.53 Å². The molecule has 0 fully saturated rings. The molecule has 0 amide bonds. The van der Waals surface area contributed by atoms with Crippen LogP contribution in [0.4, 0.5) is 0 Å². The van der Waals surface area contributed by atoms with Gasteiger partial charge < -0.3 is 41.5 Å². The first-order valence-corrected chi connectivity index (χ1v) is 12.3. The molecule has 25 heavy (non-hydrogen) atoms. The second-order valence-corrected chi connectivity index (χ2v) is 11.1. The van der Waals surface area contributed by atoms with Crippen LogP contribution in [0.2, 0.25) is 11.4 Å². The number of carboxylic acid groups (broad SMARTS) is 1. The molecule has 0 radical (unpaired) electrons. The van der Waals surface area contributed by atoms with Crippen LogP contribution in [-0.4, -0.2) is 117 Å². The smallest absolute Gasteiger partial charge is 0.317 e. The SMILES string of the molecule is C[As](C)(=O)O.NC(CO)(CO)CO.O=C(O)CNC(CO)(CO)CO. The Labute approximate surface area is 148 Å². The Balaban J connectivity index is -0.000000321. The molecular formula is C12H31AsN2O10. The van der Waals surface area contributed by atoms with E-state index in [1.807, 2.05) is 0 Å². The van der Waals surface area contributed by atoms with Gasteiger partial charge in [-0.1, -0.05) is 0 Å². The number of nitrogens with one attached hydrogen (secondary N) is 1. The molecule has 13 heteroatoms. The Morgan fingerprint density at radius 3 is 1.32 bits per heavy atom. The summed E-state index contributed by atoms with van der Waals surface area (Å²) >= 11 is -3.12. The van der Waals surface area contributed by atoms with Gasteiger partial charge in [-0.25, -0.2) is 0 Å². The van der Waals surface area contributed by atoms with Crippen LogP contribution in [0.5, 0.6) is 0 Å². The number of hydrogen-bond donors (Lipinski definition) is 10. The maximum atomic E-state index is 10.1. The number of aliphatic hydroxyl groups is 6. The first-order chi connectivity index (χ1) is 11.3. The second-order valence-electron chi connectivity index (χ2n) is 5.63. The summed E-state index contributed by atoms with van der Waals surface area (Å²) in [6.07, 6.45) is 0. The average molecular weight is 438 g/mol. The van der Waals surface area contributed by atoms with Gasteiger partial charge in [0.15, 0.2) is 0 Å². The zero-order chi connectivity index (χ0) is 20.7. The van der Waals surface area contributed by atoms with Crippen molar-refractivity contribution in [3.63, 3.8) is 0 Å². The van der Waals surface area contributed by atoms with Crippen molar-refractivity contribution < 1.29 is 48.4 Å². The molecule has 0 unspecified atom stereocenters. The van der Waals surface area contributed by atoms with Crippen LogP contribution < -0.4 is 11.1 Å². The molecule has 0 aliphatic rings. The van der Waals surface area contributed by atoms with Crippen LogP contribution in [0.1, 0.15) is 0 Å². The number of carbonyl (C=O) groups is 1. The second kappa shape index (κ2) is 14.6. The Morgan fingerprint density at radius 2 is 1.20 bits per heavy atom. The van der Waals surface area contributed by atoms with Crippen LogP contribution >= 0.6 is 0 Å². The fraction of sp³-hybridized carbons (Fsp3) is 0.917. The zero-order valence-electron chi connectivity index (χ0n) is 14.4. The predicted molar refractivity (Wildman–Crippen MR) is 88.2 cm³/mol. The standard InChI is InChI=1S/C6H13NO5.C4H11NO3.C2H7AsO2/c8-2-6(3-9,4-10)7-1-5(11)12;5-4(1-6,2-7)3-8;1-3(2,4)5/h7-10H,1-4H2,(H,11,12);6-8H,1-3,5H2;1-2H3,(H,4,5). The van der Waals surface area contributed by atoms with Crippen LogP contribution in [0.3, 0.4) is 0 Å². The quantitative estimate of drug-likeness (QED) is 0.153. The minimum Gasteiger partial charge on any atom is -0.480 e. The molecule has 0 bridgehead atoms. The maximum Gasteiger partial charge on any atom is 0.317 e.